The fourth-order valence-electron chi connectivity index (χ4n) is 3.93. The van der Waals surface area contributed by atoms with Gasteiger partial charge < -0.3 is 43.2 Å². The van der Waals surface area contributed by atoms with E-state index >= 15 is 0 Å². The molecule has 0 aliphatic heterocycles. The number of anilines is 2. The van der Waals surface area contributed by atoms with Crippen LogP contribution in [0.3, 0.4) is 0 Å². The zero-order chi connectivity index (χ0) is 41.7. The molecule has 2 atom stereocenters. The number of rotatable bonds is 11. The molecule has 11 N–H and O–H groups in total. The number of hydrogen-bond donors (Lipinski definition) is 7. The molecule has 1 aromatic heterocycles. The maximum atomic E-state index is 12.7. The molecule has 2 unspecified atom stereocenters. The molecule has 20 heteroatoms. The molecule has 0 bridgehead atoms. The quantitative estimate of drug-likeness (QED) is 0.0570. The topological polar surface area (TPSA) is 246 Å². The molecule has 312 valence electrons. The van der Waals surface area contributed by atoms with Crippen molar-refractivity contribution in [3.8, 4) is 0 Å². The van der Waals surface area contributed by atoms with Crippen LogP contribution in [0, 0.1) is 0 Å². The first-order valence-corrected chi connectivity index (χ1v) is 16.5. The van der Waals surface area contributed by atoms with Crippen molar-refractivity contribution in [2.24, 2.45) is 27.2 Å². The fourth-order valence-corrected chi connectivity index (χ4v) is 3.93. The molecule has 55 heavy (non-hydrogen) atoms. The lowest BCUT2D eigenvalue weighted by Crippen LogP contribution is -2.27. The number of ether oxygens (including phenoxy) is 1. The van der Waals surface area contributed by atoms with Crippen molar-refractivity contribution < 1.29 is 46.1 Å². The van der Waals surface area contributed by atoms with E-state index in [2.05, 4.69) is 54.0 Å². The summed E-state index contributed by atoms with van der Waals surface area (Å²) in [4.78, 5) is 27.8. The standard InChI is InChI=1S/C15H18F3N5.C13H21N5.C3H3F3O2.C2H6O.CH4O.CH4/c1-2-11(9-8-10-6-4-3-5-7-10)20-14-22-12(15(16,17)18)21-13(19)23-14;1-2-11(17-13(16)18-12(14)15)9-8-10-6-4-3-5-7-10;1-8-2(7)3(4,5)6;1-2-3;1-2;/h3-7,11H,2,8-9H2,1H3,(H3,19,20,21,22,23);3-7,11H,2,8-9H2,1H3,(H6,14,15,16,17,18);1H3;3H,2H2,1H3;2H,1H3;1H4. The number of nitrogens with one attached hydrogen (secondary N) is 1. The van der Waals surface area contributed by atoms with E-state index in [0.29, 0.717) is 7.11 Å². The number of nitrogens with two attached hydrogens (primary N) is 4. The van der Waals surface area contributed by atoms with Gasteiger partial charge in [-0.3, -0.25) is 0 Å². The molecule has 0 aliphatic rings. The number of carbonyl (C=O) groups excluding carboxylic acids is 1. The molecule has 0 fully saturated rings. The van der Waals surface area contributed by atoms with E-state index in [9.17, 15) is 31.1 Å². The van der Waals surface area contributed by atoms with Crippen molar-refractivity contribution in [3.05, 3.63) is 77.6 Å². The number of aliphatic hydroxyl groups is 2. The Kier molecular flexibility index (Phi) is 29.6. The number of benzene rings is 2. The molecule has 2 aromatic carbocycles. The van der Waals surface area contributed by atoms with Crippen LogP contribution in [0.25, 0.3) is 0 Å². The smallest absolute Gasteiger partial charge is 0.462 e. The summed E-state index contributed by atoms with van der Waals surface area (Å²) in [5, 5.41) is 17.5. The van der Waals surface area contributed by atoms with Crippen molar-refractivity contribution in [1.29, 1.82) is 0 Å². The highest BCUT2D eigenvalue weighted by molar-refractivity contribution is 5.92. The summed E-state index contributed by atoms with van der Waals surface area (Å²) in [6.07, 6.45) is -4.42. The average molecular weight is 795 g/mol. The van der Waals surface area contributed by atoms with Crippen LogP contribution in [0.4, 0.5) is 38.2 Å². The molecule has 14 nitrogen and oxygen atoms in total. The third kappa shape index (κ3) is 27.1. The largest absolute Gasteiger partial charge is 0.490 e. The lowest BCUT2D eigenvalue weighted by Gasteiger charge is -2.17. The van der Waals surface area contributed by atoms with Crippen LogP contribution in [0.2, 0.25) is 0 Å². The molecule has 0 aliphatic carbocycles. The van der Waals surface area contributed by atoms with E-state index in [1.807, 2.05) is 55.5 Å². The van der Waals surface area contributed by atoms with Gasteiger partial charge in [-0.15, -0.1) is 0 Å². The van der Waals surface area contributed by atoms with Crippen LogP contribution in [-0.4, -0.2) is 82.1 Å². The Bertz CT molecular complexity index is 1480. The summed E-state index contributed by atoms with van der Waals surface area (Å²) in [7, 11) is 1.68. The summed E-state index contributed by atoms with van der Waals surface area (Å²) in [5.74, 6) is -3.97. The number of methoxy groups -OCH3 is 1. The number of aromatic nitrogens is 3. The second-order valence-corrected chi connectivity index (χ2v) is 10.5. The second-order valence-electron chi connectivity index (χ2n) is 10.5. The van der Waals surface area contributed by atoms with Crippen molar-refractivity contribution in [1.82, 2.24) is 15.0 Å². The highest BCUT2D eigenvalue weighted by Gasteiger charge is 2.40. The number of alkyl halides is 6. The minimum Gasteiger partial charge on any atom is -0.462 e. The van der Waals surface area contributed by atoms with E-state index in [0.717, 1.165) is 45.6 Å². The van der Waals surface area contributed by atoms with Gasteiger partial charge in [-0.2, -0.15) is 46.3 Å². The van der Waals surface area contributed by atoms with Crippen molar-refractivity contribution in [2.75, 3.05) is 31.9 Å². The Labute approximate surface area is 318 Å². The molecule has 0 saturated heterocycles. The van der Waals surface area contributed by atoms with Gasteiger partial charge in [0.2, 0.25) is 23.7 Å². The summed E-state index contributed by atoms with van der Waals surface area (Å²) >= 11 is 0. The van der Waals surface area contributed by atoms with Crippen LogP contribution >= 0.6 is 0 Å². The first kappa shape index (κ1) is 54.1. The minimum absolute atomic E-state index is 0. The first-order chi connectivity index (χ1) is 25.4. The van der Waals surface area contributed by atoms with Gasteiger partial charge in [-0.1, -0.05) is 81.9 Å². The lowest BCUT2D eigenvalue weighted by atomic mass is 10.0. The summed E-state index contributed by atoms with van der Waals surface area (Å²) < 4.78 is 74.4. The number of nitrogens with zero attached hydrogens (tertiary/aromatic N) is 5. The van der Waals surface area contributed by atoms with E-state index in [-0.39, 0.29) is 44.0 Å². The molecule has 0 spiro atoms. The van der Waals surface area contributed by atoms with Gasteiger partial charge in [0.25, 0.3) is 0 Å². The Morgan fingerprint density at radius 1 is 0.836 bits per heavy atom. The highest BCUT2D eigenvalue weighted by Crippen LogP contribution is 2.27. The minimum atomic E-state index is -4.85. The van der Waals surface area contributed by atoms with Gasteiger partial charge in [0, 0.05) is 19.8 Å². The van der Waals surface area contributed by atoms with Gasteiger partial charge in [0.15, 0.2) is 5.96 Å². The Hall–Kier alpha value is -5.24. The van der Waals surface area contributed by atoms with Crippen LogP contribution in [0.5, 0.6) is 0 Å². The van der Waals surface area contributed by atoms with Crippen molar-refractivity contribution >= 4 is 29.8 Å². The third-order valence-corrected chi connectivity index (χ3v) is 6.41. The Morgan fingerprint density at radius 2 is 1.31 bits per heavy atom. The predicted octanol–water partition coefficient (Wildman–Crippen LogP) is 5.25. The van der Waals surface area contributed by atoms with Gasteiger partial charge >= 0.3 is 18.3 Å². The van der Waals surface area contributed by atoms with E-state index < -0.39 is 30.1 Å². The van der Waals surface area contributed by atoms with E-state index in [1.165, 1.54) is 11.1 Å². The molecule has 0 saturated carbocycles. The number of aliphatic imine (C=N–C) groups is 2. The monoisotopic (exact) mass is 794 g/mol. The molecule has 3 aromatic rings. The number of nitrogen functional groups attached to an aromatic ring is 1. The number of guanidine groups is 2. The summed E-state index contributed by atoms with van der Waals surface area (Å²) in [5.41, 5.74) is 23.9. The number of aliphatic hydroxyl groups excluding tert-OH is 2. The predicted molar refractivity (Wildman–Crippen MR) is 204 cm³/mol. The normalized spacial score (nSPS) is 11.7. The molecular formula is C35H56F6N10O4. The SMILES string of the molecule is C.CCC(CCc1ccccc1)N=C(N)N=C(N)N.CCC(CCc1ccccc1)Nc1nc(N)nc(C(F)(F)F)n1.CCO.CO.COC(=O)C(F)(F)F. The maximum Gasteiger partial charge on any atom is 0.490 e. The average Bonchev–Trinajstić information content (AvgIpc) is 3.12. The van der Waals surface area contributed by atoms with Crippen LogP contribution < -0.4 is 28.3 Å². The Morgan fingerprint density at radius 3 is 1.67 bits per heavy atom. The number of aryl methyl sites for hydroxylation is 2. The van der Waals surface area contributed by atoms with Crippen LogP contribution in [-0.2, 0) is 28.5 Å². The number of carbonyl (C=O) groups is 1. The highest BCUT2D eigenvalue weighted by atomic mass is 19.4. The molecule has 0 radical (unpaired) electrons. The van der Waals surface area contributed by atoms with Gasteiger partial charge in [-0.25, -0.2) is 9.79 Å². The van der Waals surface area contributed by atoms with E-state index in [4.69, 9.17) is 33.1 Å². The number of hydrogen-bond acceptors (Lipinski definition) is 10. The fraction of sp³-hybridized carbons (Fsp3) is 0.486. The maximum absolute atomic E-state index is 12.7. The van der Waals surface area contributed by atoms with Crippen LogP contribution in [0.1, 0.15) is 70.8 Å². The van der Waals surface area contributed by atoms with E-state index in [1.54, 1.807) is 6.92 Å². The van der Waals surface area contributed by atoms with Gasteiger partial charge in [-0.05, 0) is 56.6 Å². The lowest BCUT2D eigenvalue weighted by molar-refractivity contribution is -0.196. The zero-order valence-electron chi connectivity index (χ0n) is 30.9. The Balaban J connectivity index is -0.000000750. The molecular weight excluding hydrogens is 738 g/mol. The van der Waals surface area contributed by atoms with Crippen LogP contribution in [0.15, 0.2) is 70.6 Å². The number of halogens is 6. The number of esters is 1. The van der Waals surface area contributed by atoms with Gasteiger partial charge in [0.1, 0.15) is 0 Å². The molecule has 1 heterocycles. The van der Waals surface area contributed by atoms with Gasteiger partial charge in [0.05, 0.1) is 13.2 Å². The van der Waals surface area contributed by atoms with Crippen molar-refractivity contribution in [2.45, 2.75) is 91.2 Å². The molecule has 0 amide bonds. The summed E-state index contributed by atoms with van der Waals surface area (Å²) in [6, 6.07) is 20.2. The summed E-state index contributed by atoms with van der Waals surface area (Å²) in [6.45, 7) is 5.94. The second kappa shape index (κ2) is 30.1. The first-order valence-electron chi connectivity index (χ1n) is 16.5. The zero-order valence-corrected chi connectivity index (χ0v) is 30.9. The van der Waals surface area contributed by atoms with Crippen molar-refractivity contribution in [3.63, 3.8) is 0 Å². The third-order valence-electron chi connectivity index (χ3n) is 6.41. The molecule has 3 rings (SSSR count).